The van der Waals surface area contributed by atoms with Crippen molar-refractivity contribution in [1.29, 1.82) is 5.26 Å². The highest BCUT2D eigenvalue weighted by molar-refractivity contribution is 6.30. The maximum absolute atomic E-state index is 13.1. The molecule has 0 aliphatic carbocycles. The van der Waals surface area contributed by atoms with Crippen LogP contribution < -0.4 is 10.6 Å². The Kier molecular flexibility index (Phi) is 7.80. The SMILES string of the molecule is N#Cc1ccc(NC(=O)[C@H](Cc2ccccc2)NC(=O)/C=C/c2cc(Cl)ccc2-n2cnnn2)cc1. The van der Waals surface area contributed by atoms with Gasteiger partial charge < -0.3 is 10.6 Å². The van der Waals surface area contributed by atoms with E-state index in [0.29, 0.717) is 27.5 Å². The summed E-state index contributed by atoms with van der Waals surface area (Å²) in [6.07, 6.45) is 4.63. The molecule has 0 fully saturated rings. The highest BCUT2D eigenvalue weighted by Crippen LogP contribution is 2.20. The van der Waals surface area contributed by atoms with Crippen LogP contribution in [0.15, 0.2) is 85.2 Å². The lowest BCUT2D eigenvalue weighted by Gasteiger charge is -2.18. The summed E-state index contributed by atoms with van der Waals surface area (Å²) in [5, 5.41) is 26.2. The summed E-state index contributed by atoms with van der Waals surface area (Å²) in [6.45, 7) is 0. The minimum absolute atomic E-state index is 0.287. The first-order valence-corrected chi connectivity index (χ1v) is 11.3. The number of hydrogen-bond acceptors (Lipinski definition) is 6. The predicted octanol–water partition coefficient (Wildman–Crippen LogP) is 3.57. The van der Waals surface area contributed by atoms with Crippen LogP contribution in [0.4, 0.5) is 5.69 Å². The lowest BCUT2D eigenvalue weighted by atomic mass is 10.0. The van der Waals surface area contributed by atoms with E-state index in [9.17, 15) is 9.59 Å². The molecule has 4 aromatic rings. The Bertz CT molecular complexity index is 1410. The number of benzene rings is 3. The summed E-state index contributed by atoms with van der Waals surface area (Å²) in [5.41, 5.74) is 3.14. The molecule has 178 valence electrons. The number of carbonyl (C=O) groups excluding carboxylic acids is 2. The van der Waals surface area contributed by atoms with Crippen LogP contribution in [0.5, 0.6) is 0 Å². The van der Waals surface area contributed by atoms with E-state index in [1.165, 1.54) is 17.1 Å². The Hall–Kier alpha value is -4.81. The van der Waals surface area contributed by atoms with Crippen LogP contribution in [-0.2, 0) is 16.0 Å². The molecule has 1 aromatic heterocycles. The summed E-state index contributed by atoms with van der Waals surface area (Å²) in [6, 6.07) is 22.2. The van der Waals surface area contributed by atoms with Gasteiger partial charge in [-0.25, -0.2) is 0 Å². The van der Waals surface area contributed by atoms with Gasteiger partial charge in [0.2, 0.25) is 11.8 Å². The minimum atomic E-state index is -0.849. The molecule has 10 heteroatoms. The third-order valence-electron chi connectivity index (χ3n) is 5.20. The van der Waals surface area contributed by atoms with Crippen molar-refractivity contribution in [2.45, 2.75) is 12.5 Å². The van der Waals surface area contributed by atoms with Crippen molar-refractivity contribution in [2.75, 3.05) is 5.32 Å². The van der Waals surface area contributed by atoms with Gasteiger partial charge in [0.25, 0.3) is 0 Å². The van der Waals surface area contributed by atoms with E-state index >= 15 is 0 Å². The van der Waals surface area contributed by atoms with Gasteiger partial charge in [0.15, 0.2) is 0 Å². The molecule has 0 saturated carbocycles. The van der Waals surface area contributed by atoms with Crippen molar-refractivity contribution in [3.63, 3.8) is 0 Å². The van der Waals surface area contributed by atoms with E-state index in [1.807, 2.05) is 36.4 Å². The molecule has 0 spiro atoms. The number of tetrazole rings is 1. The fourth-order valence-corrected chi connectivity index (χ4v) is 3.62. The van der Waals surface area contributed by atoms with Crippen molar-refractivity contribution in [3.8, 4) is 11.8 Å². The van der Waals surface area contributed by atoms with Crippen LogP contribution in [0, 0.1) is 11.3 Å². The van der Waals surface area contributed by atoms with Gasteiger partial charge in [-0.3, -0.25) is 9.59 Å². The number of nitrogens with zero attached hydrogens (tertiary/aromatic N) is 5. The van der Waals surface area contributed by atoms with Gasteiger partial charge in [-0.2, -0.15) is 9.94 Å². The number of nitriles is 1. The largest absolute Gasteiger partial charge is 0.340 e. The van der Waals surface area contributed by atoms with E-state index in [4.69, 9.17) is 16.9 Å². The number of anilines is 1. The Morgan fingerprint density at radius 2 is 1.86 bits per heavy atom. The molecule has 9 nitrogen and oxygen atoms in total. The fourth-order valence-electron chi connectivity index (χ4n) is 3.44. The second-order valence-electron chi connectivity index (χ2n) is 7.72. The van der Waals surface area contributed by atoms with Gasteiger partial charge in [-0.15, -0.1) is 5.10 Å². The molecule has 0 radical (unpaired) electrons. The van der Waals surface area contributed by atoms with Crippen LogP contribution in [0.3, 0.4) is 0 Å². The highest BCUT2D eigenvalue weighted by Gasteiger charge is 2.21. The second-order valence-corrected chi connectivity index (χ2v) is 8.16. The van der Waals surface area contributed by atoms with Crippen LogP contribution in [0.2, 0.25) is 5.02 Å². The van der Waals surface area contributed by atoms with Gasteiger partial charge in [0.1, 0.15) is 12.4 Å². The third-order valence-corrected chi connectivity index (χ3v) is 5.43. The quantitative estimate of drug-likeness (QED) is 0.358. The normalized spacial score (nSPS) is 11.6. The fraction of sp³-hybridized carbons (Fsp3) is 0.0769. The average molecular weight is 498 g/mol. The van der Waals surface area contributed by atoms with Crippen LogP contribution in [0.1, 0.15) is 16.7 Å². The first kappa shape index (κ1) is 24.3. The Labute approximate surface area is 212 Å². The van der Waals surface area contributed by atoms with Crippen molar-refractivity contribution >= 4 is 35.2 Å². The topological polar surface area (TPSA) is 126 Å². The minimum Gasteiger partial charge on any atom is -0.340 e. The maximum atomic E-state index is 13.1. The van der Waals surface area contributed by atoms with Crippen LogP contribution in [0.25, 0.3) is 11.8 Å². The Balaban J connectivity index is 1.52. The van der Waals surface area contributed by atoms with E-state index in [2.05, 4.69) is 26.2 Å². The molecule has 1 heterocycles. The lowest BCUT2D eigenvalue weighted by Crippen LogP contribution is -2.44. The van der Waals surface area contributed by atoms with Crippen molar-refractivity contribution in [3.05, 3.63) is 107 Å². The smallest absolute Gasteiger partial charge is 0.247 e. The molecule has 2 amide bonds. The Morgan fingerprint density at radius 1 is 1.08 bits per heavy atom. The van der Waals surface area contributed by atoms with E-state index < -0.39 is 11.9 Å². The lowest BCUT2D eigenvalue weighted by molar-refractivity contribution is -0.123. The summed E-state index contributed by atoms with van der Waals surface area (Å²) < 4.78 is 1.46. The molecule has 2 N–H and O–H groups in total. The van der Waals surface area contributed by atoms with E-state index in [-0.39, 0.29) is 12.3 Å². The van der Waals surface area contributed by atoms with Gasteiger partial charge in [-0.1, -0.05) is 41.9 Å². The molecule has 36 heavy (non-hydrogen) atoms. The van der Waals surface area contributed by atoms with E-state index in [0.717, 1.165) is 5.56 Å². The van der Waals surface area contributed by atoms with Gasteiger partial charge >= 0.3 is 0 Å². The number of hydrogen-bond donors (Lipinski definition) is 2. The zero-order chi connectivity index (χ0) is 25.3. The van der Waals surface area contributed by atoms with E-state index in [1.54, 1.807) is 48.5 Å². The van der Waals surface area contributed by atoms with Gasteiger partial charge in [-0.05, 0) is 64.5 Å². The molecule has 0 aliphatic heterocycles. The summed E-state index contributed by atoms with van der Waals surface area (Å²) in [5.74, 6) is -0.851. The zero-order valence-electron chi connectivity index (χ0n) is 18.9. The van der Waals surface area contributed by atoms with Crippen molar-refractivity contribution < 1.29 is 9.59 Å². The summed E-state index contributed by atoms with van der Waals surface area (Å²) in [7, 11) is 0. The summed E-state index contributed by atoms with van der Waals surface area (Å²) in [4.78, 5) is 25.9. The summed E-state index contributed by atoms with van der Waals surface area (Å²) >= 11 is 6.14. The molecule has 4 rings (SSSR count). The Morgan fingerprint density at radius 3 is 2.56 bits per heavy atom. The number of carbonyl (C=O) groups is 2. The second kappa shape index (κ2) is 11.6. The molecular weight excluding hydrogens is 478 g/mol. The molecule has 0 saturated heterocycles. The highest BCUT2D eigenvalue weighted by atomic mass is 35.5. The molecule has 0 bridgehead atoms. The molecule has 3 aromatic carbocycles. The van der Waals surface area contributed by atoms with Crippen molar-refractivity contribution in [1.82, 2.24) is 25.5 Å². The van der Waals surface area contributed by atoms with Gasteiger partial charge in [0.05, 0.1) is 17.3 Å². The first-order chi connectivity index (χ1) is 17.5. The predicted molar refractivity (Wildman–Crippen MR) is 135 cm³/mol. The van der Waals surface area contributed by atoms with Crippen LogP contribution in [-0.4, -0.2) is 38.1 Å². The monoisotopic (exact) mass is 497 g/mol. The maximum Gasteiger partial charge on any atom is 0.247 e. The molecular formula is C26H20ClN7O2. The van der Waals surface area contributed by atoms with Gasteiger partial charge in [0, 0.05) is 28.8 Å². The zero-order valence-corrected chi connectivity index (χ0v) is 19.6. The number of aromatic nitrogens is 4. The number of amides is 2. The number of halogens is 1. The molecule has 0 aliphatic rings. The first-order valence-electron chi connectivity index (χ1n) is 10.9. The third kappa shape index (κ3) is 6.40. The average Bonchev–Trinajstić information content (AvgIpc) is 3.43. The standard InChI is InChI=1S/C26H20ClN7O2/c27-21-9-12-24(34-17-29-32-33-34)20(15-21)8-13-25(35)31-23(14-18-4-2-1-3-5-18)26(36)30-22-10-6-19(16-28)7-11-22/h1-13,15,17,23H,14H2,(H,30,36)(H,31,35)/b13-8+/t23-/m0/s1. The van der Waals surface area contributed by atoms with Crippen LogP contribution >= 0.6 is 11.6 Å². The molecule has 1 atom stereocenters. The van der Waals surface area contributed by atoms with Crippen molar-refractivity contribution in [2.24, 2.45) is 0 Å². The molecule has 0 unspecified atom stereocenters. The number of nitrogens with one attached hydrogen (secondary N) is 2. The number of rotatable bonds is 8.